The molecule has 0 amide bonds. The second-order valence-corrected chi connectivity index (χ2v) is 4.66. The maximum absolute atomic E-state index is 4.12. The molecule has 2 unspecified atom stereocenters. The fourth-order valence-electron chi connectivity index (χ4n) is 2.46. The zero-order valence-corrected chi connectivity index (χ0v) is 10.7. The summed E-state index contributed by atoms with van der Waals surface area (Å²) in [7, 11) is 0. The molecule has 0 bridgehead atoms. The van der Waals surface area contributed by atoms with Crippen molar-refractivity contribution in [2.45, 2.75) is 45.2 Å². The normalized spacial score (nSPS) is 23.9. The molecule has 3 heteroatoms. The van der Waals surface area contributed by atoms with E-state index in [0.29, 0.717) is 12.1 Å². The average molecular weight is 231 g/mol. The van der Waals surface area contributed by atoms with Crippen molar-refractivity contribution in [2.75, 3.05) is 4.90 Å². The number of hydrogen-bond acceptors (Lipinski definition) is 3. The molecule has 2 atom stereocenters. The van der Waals surface area contributed by atoms with E-state index in [-0.39, 0.29) is 0 Å². The van der Waals surface area contributed by atoms with E-state index in [9.17, 15) is 0 Å². The molecule has 1 aromatic heterocycles. The molecule has 92 valence electrons. The summed E-state index contributed by atoms with van der Waals surface area (Å²) in [5.74, 6) is 1.00. The molecule has 0 spiro atoms. The maximum atomic E-state index is 4.12. The minimum absolute atomic E-state index is 0.455. The van der Waals surface area contributed by atoms with E-state index in [1.165, 1.54) is 24.9 Å². The topological polar surface area (TPSA) is 28.2 Å². The quantitative estimate of drug-likeness (QED) is 0.863. The zero-order chi connectivity index (χ0) is 12.3. The van der Waals surface area contributed by atoms with Crippen molar-refractivity contribution < 1.29 is 0 Å². The molecule has 3 nitrogen and oxygen atoms in total. The molecule has 1 N–H and O–H groups in total. The van der Waals surface area contributed by atoms with Crippen LogP contribution in [0.15, 0.2) is 36.9 Å². The molecule has 1 aliphatic rings. The van der Waals surface area contributed by atoms with Gasteiger partial charge in [-0.2, -0.15) is 0 Å². The van der Waals surface area contributed by atoms with Crippen LogP contribution in [0.3, 0.4) is 0 Å². The predicted octanol–water partition coefficient (Wildman–Crippen LogP) is 2.91. The molecule has 0 aliphatic carbocycles. The van der Waals surface area contributed by atoms with Crippen molar-refractivity contribution >= 4 is 5.69 Å². The molecule has 2 rings (SSSR count). The Kier molecular flexibility index (Phi) is 3.67. The number of unbranched alkanes of at least 4 members (excludes halogenated alkanes) is 1. The Labute approximate surface area is 104 Å². The highest BCUT2D eigenvalue weighted by molar-refractivity contribution is 5.53. The fraction of sp³-hybridized carbons (Fsp3) is 0.500. The Bertz CT molecular complexity index is 374. The standard InChI is InChI=1S/C14H21N3/c1-4-5-6-14-11(2)17(12(3)16-14)13-7-9-15-10-8-13/h7-11,14,16H,3-6H2,1-2H3. The first-order valence-electron chi connectivity index (χ1n) is 6.38. The Morgan fingerprint density at radius 1 is 1.41 bits per heavy atom. The molecular formula is C14H21N3. The summed E-state index contributed by atoms with van der Waals surface area (Å²) >= 11 is 0. The van der Waals surface area contributed by atoms with E-state index in [1.807, 2.05) is 24.5 Å². The third kappa shape index (κ3) is 2.43. The molecule has 1 aromatic rings. The van der Waals surface area contributed by atoms with Gasteiger partial charge < -0.3 is 10.2 Å². The molecule has 1 saturated heterocycles. The van der Waals surface area contributed by atoms with Crippen molar-refractivity contribution in [3.8, 4) is 0 Å². The van der Waals surface area contributed by atoms with Gasteiger partial charge in [0.15, 0.2) is 0 Å². The third-order valence-corrected chi connectivity index (χ3v) is 3.44. The van der Waals surface area contributed by atoms with E-state index in [4.69, 9.17) is 0 Å². The second kappa shape index (κ2) is 5.21. The van der Waals surface area contributed by atoms with Crippen LogP contribution in [-0.4, -0.2) is 17.1 Å². The molecule has 1 fully saturated rings. The Hall–Kier alpha value is -1.51. The van der Waals surface area contributed by atoms with Gasteiger partial charge in [-0.05, 0) is 25.5 Å². The minimum Gasteiger partial charge on any atom is -0.367 e. The van der Waals surface area contributed by atoms with Crippen molar-refractivity contribution in [1.82, 2.24) is 10.3 Å². The molecule has 0 saturated carbocycles. The maximum Gasteiger partial charge on any atom is 0.0990 e. The first-order chi connectivity index (χ1) is 8.24. The number of nitrogens with zero attached hydrogens (tertiary/aromatic N) is 2. The number of aromatic nitrogens is 1. The SMILES string of the molecule is C=C1NC(CCCC)C(C)N1c1ccncc1. The Morgan fingerprint density at radius 2 is 2.12 bits per heavy atom. The first kappa shape index (κ1) is 12.0. The molecular weight excluding hydrogens is 210 g/mol. The predicted molar refractivity (Wildman–Crippen MR) is 71.8 cm³/mol. The van der Waals surface area contributed by atoms with Crippen LogP contribution in [0.25, 0.3) is 0 Å². The highest BCUT2D eigenvalue weighted by Crippen LogP contribution is 2.28. The highest BCUT2D eigenvalue weighted by atomic mass is 15.3. The molecule has 0 radical (unpaired) electrons. The van der Waals surface area contributed by atoms with Crippen molar-refractivity contribution in [3.63, 3.8) is 0 Å². The lowest BCUT2D eigenvalue weighted by atomic mass is 10.0. The van der Waals surface area contributed by atoms with Crippen LogP contribution in [0.5, 0.6) is 0 Å². The van der Waals surface area contributed by atoms with Gasteiger partial charge in [0.2, 0.25) is 0 Å². The fourth-order valence-corrected chi connectivity index (χ4v) is 2.46. The van der Waals surface area contributed by atoms with Gasteiger partial charge in [-0.1, -0.05) is 26.3 Å². The summed E-state index contributed by atoms with van der Waals surface area (Å²) in [5.41, 5.74) is 1.17. The van der Waals surface area contributed by atoms with Gasteiger partial charge in [-0.3, -0.25) is 4.98 Å². The van der Waals surface area contributed by atoms with Crippen LogP contribution in [-0.2, 0) is 0 Å². The van der Waals surface area contributed by atoms with Gasteiger partial charge in [0.25, 0.3) is 0 Å². The lowest BCUT2D eigenvalue weighted by Crippen LogP contribution is -2.33. The number of nitrogens with one attached hydrogen (secondary N) is 1. The summed E-state index contributed by atoms with van der Waals surface area (Å²) in [6.07, 6.45) is 7.37. The number of rotatable bonds is 4. The molecule has 17 heavy (non-hydrogen) atoms. The second-order valence-electron chi connectivity index (χ2n) is 4.66. The number of pyridine rings is 1. The van der Waals surface area contributed by atoms with Crippen molar-refractivity contribution in [3.05, 3.63) is 36.9 Å². The Balaban J connectivity index is 2.11. The number of anilines is 1. The van der Waals surface area contributed by atoms with E-state index in [1.54, 1.807) is 0 Å². The summed E-state index contributed by atoms with van der Waals surface area (Å²) in [6.45, 7) is 8.60. The van der Waals surface area contributed by atoms with E-state index in [2.05, 4.69) is 35.6 Å². The van der Waals surface area contributed by atoms with Gasteiger partial charge in [-0.15, -0.1) is 0 Å². The molecule has 1 aliphatic heterocycles. The van der Waals surface area contributed by atoms with Crippen LogP contribution >= 0.6 is 0 Å². The first-order valence-corrected chi connectivity index (χ1v) is 6.38. The monoisotopic (exact) mass is 231 g/mol. The van der Waals surface area contributed by atoms with Gasteiger partial charge in [0.1, 0.15) is 0 Å². The van der Waals surface area contributed by atoms with Crippen LogP contribution in [0.1, 0.15) is 33.1 Å². The largest absolute Gasteiger partial charge is 0.367 e. The third-order valence-electron chi connectivity index (χ3n) is 3.44. The summed E-state index contributed by atoms with van der Waals surface area (Å²) < 4.78 is 0. The van der Waals surface area contributed by atoms with E-state index in [0.717, 1.165) is 5.82 Å². The van der Waals surface area contributed by atoms with Crippen LogP contribution < -0.4 is 10.2 Å². The summed E-state index contributed by atoms with van der Waals surface area (Å²) in [5, 5.41) is 3.50. The van der Waals surface area contributed by atoms with Gasteiger partial charge in [-0.25, -0.2) is 0 Å². The lowest BCUT2D eigenvalue weighted by molar-refractivity contribution is 0.501. The van der Waals surface area contributed by atoms with Gasteiger partial charge in [0.05, 0.1) is 11.9 Å². The van der Waals surface area contributed by atoms with Gasteiger partial charge in [0, 0.05) is 24.1 Å². The van der Waals surface area contributed by atoms with E-state index >= 15 is 0 Å². The highest BCUT2D eigenvalue weighted by Gasteiger charge is 2.32. The van der Waals surface area contributed by atoms with Crippen LogP contribution in [0, 0.1) is 0 Å². The minimum atomic E-state index is 0.455. The van der Waals surface area contributed by atoms with Crippen molar-refractivity contribution in [1.29, 1.82) is 0 Å². The average Bonchev–Trinajstić information content (AvgIpc) is 2.63. The lowest BCUT2D eigenvalue weighted by Gasteiger charge is -2.24. The van der Waals surface area contributed by atoms with E-state index < -0.39 is 0 Å². The zero-order valence-electron chi connectivity index (χ0n) is 10.7. The Morgan fingerprint density at radius 3 is 2.76 bits per heavy atom. The van der Waals surface area contributed by atoms with Gasteiger partial charge >= 0.3 is 0 Å². The summed E-state index contributed by atoms with van der Waals surface area (Å²) in [4.78, 5) is 6.32. The van der Waals surface area contributed by atoms with Crippen LogP contribution in [0.4, 0.5) is 5.69 Å². The molecule has 2 heterocycles. The van der Waals surface area contributed by atoms with Crippen LogP contribution in [0.2, 0.25) is 0 Å². The number of hydrogen-bond donors (Lipinski definition) is 1. The molecule has 0 aromatic carbocycles. The summed E-state index contributed by atoms with van der Waals surface area (Å²) in [6, 6.07) is 5.03. The smallest absolute Gasteiger partial charge is 0.0990 e. The van der Waals surface area contributed by atoms with Crippen molar-refractivity contribution in [2.24, 2.45) is 0 Å².